The van der Waals surface area contributed by atoms with Crippen LogP contribution in [0, 0.1) is 5.92 Å². The van der Waals surface area contributed by atoms with E-state index in [4.69, 9.17) is 21.7 Å². The number of aromatic hydroxyl groups is 1. The summed E-state index contributed by atoms with van der Waals surface area (Å²) in [6.07, 6.45) is 9.47. The monoisotopic (exact) mass is 494 g/mol. The van der Waals surface area contributed by atoms with Gasteiger partial charge in [0.05, 0.1) is 6.61 Å². The van der Waals surface area contributed by atoms with Gasteiger partial charge in [0.1, 0.15) is 11.5 Å². The van der Waals surface area contributed by atoms with Gasteiger partial charge in [-0.1, -0.05) is 59.5 Å². The highest BCUT2D eigenvalue weighted by Crippen LogP contribution is 2.47. The van der Waals surface area contributed by atoms with Crippen LogP contribution in [-0.4, -0.2) is 22.3 Å². The summed E-state index contributed by atoms with van der Waals surface area (Å²) >= 11 is 8.73. The third kappa shape index (κ3) is 7.12. The second-order valence-corrected chi connectivity index (χ2v) is 9.38. The van der Waals surface area contributed by atoms with Crippen molar-refractivity contribution in [2.45, 2.75) is 71.6 Å². The molecule has 1 aliphatic carbocycles. The highest BCUT2D eigenvalue weighted by Gasteiger charge is 2.31. The number of ether oxygens (including phenoxy) is 2. The zero-order valence-corrected chi connectivity index (χ0v) is 20.9. The van der Waals surface area contributed by atoms with Crippen LogP contribution < -0.4 is 4.74 Å². The summed E-state index contributed by atoms with van der Waals surface area (Å²) < 4.78 is 11.6. The fourth-order valence-electron chi connectivity index (χ4n) is 4.05. The van der Waals surface area contributed by atoms with Crippen LogP contribution in [0.15, 0.2) is 35.9 Å². The number of halogens is 1. The summed E-state index contributed by atoms with van der Waals surface area (Å²) in [6.45, 7) is 11.1. The van der Waals surface area contributed by atoms with Gasteiger partial charge in [0.15, 0.2) is 0 Å². The van der Waals surface area contributed by atoms with Crippen molar-refractivity contribution in [2.75, 3.05) is 11.9 Å². The predicted molar refractivity (Wildman–Crippen MR) is 133 cm³/mol. The van der Waals surface area contributed by atoms with Crippen LogP contribution in [0.1, 0.15) is 76.3 Å². The van der Waals surface area contributed by atoms with Gasteiger partial charge in [0, 0.05) is 29.0 Å². The molecule has 1 aromatic carbocycles. The molecule has 166 valence electrons. The number of phenols is 1. The number of thiocarbonyl (C=S) groups is 1. The number of allylic oxidation sites excluding steroid dienone is 3. The van der Waals surface area contributed by atoms with Crippen molar-refractivity contribution in [1.29, 1.82) is 0 Å². The van der Waals surface area contributed by atoms with E-state index < -0.39 is 0 Å². The number of hydrogen-bond acceptors (Lipinski definition) is 4. The Morgan fingerprint density at radius 1 is 1.30 bits per heavy atom. The van der Waals surface area contributed by atoms with Crippen molar-refractivity contribution >= 4 is 33.4 Å². The van der Waals surface area contributed by atoms with Crippen molar-refractivity contribution in [2.24, 2.45) is 5.92 Å². The van der Waals surface area contributed by atoms with Gasteiger partial charge in [-0.3, -0.25) is 0 Å². The minimum absolute atomic E-state index is 0.0151. The van der Waals surface area contributed by atoms with Crippen LogP contribution in [0.2, 0.25) is 0 Å². The van der Waals surface area contributed by atoms with Crippen LogP contribution in [0.3, 0.4) is 0 Å². The molecule has 0 bridgehead atoms. The Morgan fingerprint density at radius 2 is 2.07 bits per heavy atom. The molecule has 5 heteroatoms. The van der Waals surface area contributed by atoms with Crippen LogP contribution >= 0.6 is 28.1 Å². The highest BCUT2D eigenvalue weighted by atomic mass is 79.9. The van der Waals surface area contributed by atoms with Crippen molar-refractivity contribution in [1.82, 2.24) is 0 Å². The molecule has 30 heavy (non-hydrogen) atoms. The highest BCUT2D eigenvalue weighted by molar-refractivity contribution is 9.09. The summed E-state index contributed by atoms with van der Waals surface area (Å²) in [5, 5.41) is 12.0. The number of unbranched alkanes of at least 4 members (excludes halogenated alkanes) is 2. The molecule has 2 atom stereocenters. The van der Waals surface area contributed by atoms with E-state index in [9.17, 15) is 5.11 Å². The summed E-state index contributed by atoms with van der Waals surface area (Å²) in [6, 6.07) is 3.91. The summed E-state index contributed by atoms with van der Waals surface area (Å²) in [5.74, 6) is 1.15. The Kier molecular flexibility index (Phi) is 10.4. The lowest BCUT2D eigenvalue weighted by Gasteiger charge is -2.32. The maximum absolute atomic E-state index is 11.1. The van der Waals surface area contributed by atoms with Gasteiger partial charge < -0.3 is 14.6 Å². The molecular weight excluding hydrogens is 460 g/mol. The molecule has 0 spiro atoms. The minimum Gasteiger partial charge on any atom is -0.507 e. The van der Waals surface area contributed by atoms with E-state index in [0.717, 1.165) is 67.0 Å². The second-order valence-electron chi connectivity index (χ2n) is 8.26. The molecule has 0 unspecified atom stereocenters. The molecule has 0 saturated heterocycles. The quantitative estimate of drug-likeness (QED) is 0.157. The average molecular weight is 496 g/mol. The Labute approximate surface area is 195 Å². The average Bonchev–Trinajstić information content (AvgIpc) is 2.68. The Morgan fingerprint density at radius 3 is 2.73 bits per heavy atom. The van der Waals surface area contributed by atoms with Crippen LogP contribution in [0.5, 0.6) is 11.5 Å². The van der Waals surface area contributed by atoms with E-state index in [0.29, 0.717) is 12.4 Å². The van der Waals surface area contributed by atoms with E-state index in [1.807, 2.05) is 12.1 Å². The topological polar surface area (TPSA) is 38.7 Å². The molecule has 1 N–H and O–H groups in total. The van der Waals surface area contributed by atoms with Crippen LogP contribution in [0.25, 0.3) is 0 Å². The van der Waals surface area contributed by atoms with Gasteiger partial charge in [-0.15, -0.1) is 0 Å². The number of aryl methyl sites for hydroxylation is 1. The first-order valence-corrected chi connectivity index (χ1v) is 12.5. The summed E-state index contributed by atoms with van der Waals surface area (Å²) in [5.41, 5.74) is 4.29. The summed E-state index contributed by atoms with van der Waals surface area (Å²) in [4.78, 5) is 0. The predicted octanol–water partition coefficient (Wildman–Crippen LogP) is 7.61. The molecule has 0 amide bonds. The molecule has 3 nitrogen and oxygen atoms in total. The zero-order valence-electron chi connectivity index (χ0n) is 18.5. The number of hydrogen-bond donors (Lipinski definition) is 1. The number of phenolic OH excluding ortho intramolecular Hbond substituents is 1. The third-order valence-electron chi connectivity index (χ3n) is 5.65. The molecular formula is C25H35BrO3S. The van der Waals surface area contributed by atoms with Crippen molar-refractivity contribution in [3.8, 4) is 11.5 Å². The molecule has 2 rings (SSSR count). The zero-order chi connectivity index (χ0) is 22.1. The van der Waals surface area contributed by atoms with Gasteiger partial charge in [-0.2, -0.15) is 0 Å². The molecule has 0 radical (unpaired) electrons. The first-order chi connectivity index (χ1) is 14.4. The van der Waals surface area contributed by atoms with Crippen LogP contribution in [0.4, 0.5) is 0 Å². The first-order valence-electron chi connectivity index (χ1n) is 11.0. The molecule has 0 heterocycles. The SMILES string of the molecule is C=C(C)[C@@H]1CCC(C)=C[C@H]1c1c(O)cc(CCCCC)cc1OC(=S)OCCCBr. The van der Waals surface area contributed by atoms with Gasteiger partial charge in [-0.25, -0.2) is 0 Å². The lowest BCUT2D eigenvalue weighted by Crippen LogP contribution is -2.19. The maximum Gasteiger partial charge on any atom is 0.357 e. The van der Waals surface area contributed by atoms with Gasteiger partial charge in [0.25, 0.3) is 0 Å². The number of benzene rings is 1. The van der Waals surface area contributed by atoms with E-state index in [-0.39, 0.29) is 22.8 Å². The Balaban J connectivity index is 2.41. The fraction of sp³-hybridized carbons (Fsp3) is 0.560. The largest absolute Gasteiger partial charge is 0.507 e. The van der Waals surface area contributed by atoms with E-state index >= 15 is 0 Å². The Bertz CT molecular complexity index is 772. The third-order valence-corrected chi connectivity index (χ3v) is 6.42. The first kappa shape index (κ1) is 24.9. The van der Waals surface area contributed by atoms with Gasteiger partial charge in [-0.05, 0) is 69.6 Å². The lowest BCUT2D eigenvalue weighted by molar-refractivity contribution is 0.247. The maximum atomic E-state index is 11.1. The second kappa shape index (κ2) is 12.5. The molecule has 1 aromatic rings. The van der Waals surface area contributed by atoms with Crippen LogP contribution in [-0.2, 0) is 11.2 Å². The lowest BCUT2D eigenvalue weighted by atomic mass is 9.73. The fourth-order valence-corrected chi connectivity index (χ4v) is 4.45. The minimum atomic E-state index is 0.0151. The van der Waals surface area contributed by atoms with E-state index in [1.54, 1.807) is 0 Å². The molecule has 0 aromatic heterocycles. The van der Waals surface area contributed by atoms with Crippen molar-refractivity contribution in [3.05, 3.63) is 47.1 Å². The molecule has 0 aliphatic heterocycles. The van der Waals surface area contributed by atoms with Crippen molar-refractivity contribution < 1.29 is 14.6 Å². The molecule has 0 fully saturated rings. The van der Waals surface area contributed by atoms with Crippen molar-refractivity contribution in [3.63, 3.8) is 0 Å². The number of rotatable bonds is 10. The van der Waals surface area contributed by atoms with Gasteiger partial charge in [0.2, 0.25) is 0 Å². The standard InChI is InChI=1S/C25H35BrO3S/c1-5-6-7-9-19-15-22(27)24(21-14-18(4)10-11-20(21)17(2)3)23(16-19)29-25(30)28-13-8-12-26/h14-16,20-21,27H,2,5-13H2,1,3-4H3/t20-,21+/m0/s1. The smallest absolute Gasteiger partial charge is 0.357 e. The van der Waals surface area contributed by atoms with E-state index in [2.05, 4.69) is 49.4 Å². The summed E-state index contributed by atoms with van der Waals surface area (Å²) in [7, 11) is 0. The normalized spacial score (nSPS) is 18.6. The number of alkyl halides is 1. The molecule has 1 aliphatic rings. The van der Waals surface area contributed by atoms with E-state index in [1.165, 1.54) is 5.57 Å². The van der Waals surface area contributed by atoms with Gasteiger partial charge >= 0.3 is 5.24 Å². The Hall–Kier alpha value is -1.33. The molecule has 0 saturated carbocycles.